The Morgan fingerprint density at radius 2 is 2.27 bits per heavy atom. The summed E-state index contributed by atoms with van der Waals surface area (Å²) in [6, 6.07) is 0. The number of H-pyrrole nitrogens is 1. The summed E-state index contributed by atoms with van der Waals surface area (Å²) in [7, 11) is 0. The highest BCUT2D eigenvalue weighted by Gasteiger charge is 2.05. The Morgan fingerprint density at radius 1 is 1.53 bits per heavy atom. The first kappa shape index (κ1) is 11.2. The van der Waals surface area contributed by atoms with Gasteiger partial charge in [-0.25, -0.2) is 0 Å². The molecule has 0 aliphatic heterocycles. The van der Waals surface area contributed by atoms with Crippen LogP contribution in [0.5, 0.6) is 0 Å². The van der Waals surface area contributed by atoms with Crippen LogP contribution in [0.4, 0.5) is 5.82 Å². The van der Waals surface area contributed by atoms with E-state index >= 15 is 0 Å². The zero-order chi connectivity index (χ0) is 11.3. The smallest absolute Gasteiger partial charge is 0.227 e. The monoisotopic (exact) mass is 210 g/mol. The van der Waals surface area contributed by atoms with E-state index < -0.39 is 0 Å². The SMILES string of the molecule is CC(=O)NCCC(=O)Nc1[nH]ncc1C. The molecule has 1 heterocycles. The molecule has 3 N–H and O–H groups in total. The van der Waals surface area contributed by atoms with Gasteiger partial charge in [0.1, 0.15) is 5.82 Å². The second-order valence-electron chi connectivity index (χ2n) is 3.21. The topological polar surface area (TPSA) is 86.9 Å². The molecular formula is C9H14N4O2. The van der Waals surface area contributed by atoms with Crippen LogP contribution in [0.3, 0.4) is 0 Å². The third kappa shape index (κ3) is 3.80. The lowest BCUT2D eigenvalue weighted by Crippen LogP contribution is -2.25. The zero-order valence-electron chi connectivity index (χ0n) is 8.76. The van der Waals surface area contributed by atoms with Gasteiger partial charge in [-0.1, -0.05) is 0 Å². The molecule has 1 rings (SSSR count). The van der Waals surface area contributed by atoms with Gasteiger partial charge >= 0.3 is 0 Å². The highest BCUT2D eigenvalue weighted by Crippen LogP contribution is 2.08. The maximum absolute atomic E-state index is 11.3. The van der Waals surface area contributed by atoms with E-state index in [0.717, 1.165) is 5.56 Å². The van der Waals surface area contributed by atoms with Gasteiger partial charge < -0.3 is 10.6 Å². The van der Waals surface area contributed by atoms with Crippen LogP contribution in [0.2, 0.25) is 0 Å². The molecule has 0 fully saturated rings. The molecule has 2 amide bonds. The van der Waals surface area contributed by atoms with Gasteiger partial charge in [0, 0.05) is 25.5 Å². The summed E-state index contributed by atoms with van der Waals surface area (Å²) >= 11 is 0. The van der Waals surface area contributed by atoms with Gasteiger partial charge in [0.15, 0.2) is 0 Å². The van der Waals surface area contributed by atoms with E-state index in [9.17, 15) is 9.59 Å². The van der Waals surface area contributed by atoms with Crippen molar-refractivity contribution in [1.82, 2.24) is 15.5 Å². The number of rotatable bonds is 4. The van der Waals surface area contributed by atoms with Gasteiger partial charge in [-0.05, 0) is 6.92 Å². The van der Waals surface area contributed by atoms with Gasteiger partial charge in [-0.2, -0.15) is 5.10 Å². The molecule has 0 bridgehead atoms. The maximum atomic E-state index is 11.3. The first-order valence-corrected chi connectivity index (χ1v) is 4.64. The Balaban J connectivity index is 2.31. The van der Waals surface area contributed by atoms with Crippen molar-refractivity contribution in [2.75, 3.05) is 11.9 Å². The largest absolute Gasteiger partial charge is 0.356 e. The average Bonchev–Trinajstić information content (AvgIpc) is 2.51. The van der Waals surface area contributed by atoms with Gasteiger partial charge in [0.2, 0.25) is 11.8 Å². The van der Waals surface area contributed by atoms with Crippen molar-refractivity contribution in [2.24, 2.45) is 0 Å². The molecule has 0 unspecified atom stereocenters. The Hall–Kier alpha value is -1.85. The normalized spacial score (nSPS) is 9.73. The molecule has 0 spiro atoms. The molecule has 0 atom stereocenters. The van der Waals surface area contributed by atoms with Gasteiger partial charge in [0.25, 0.3) is 0 Å². The van der Waals surface area contributed by atoms with Crippen molar-refractivity contribution in [3.8, 4) is 0 Å². The van der Waals surface area contributed by atoms with E-state index in [1.54, 1.807) is 6.20 Å². The molecular weight excluding hydrogens is 196 g/mol. The molecule has 0 aliphatic carbocycles. The third-order valence-corrected chi connectivity index (χ3v) is 1.82. The summed E-state index contributed by atoms with van der Waals surface area (Å²) in [6.07, 6.45) is 1.88. The fourth-order valence-electron chi connectivity index (χ4n) is 1.03. The Kier molecular flexibility index (Phi) is 3.84. The van der Waals surface area contributed by atoms with Crippen molar-refractivity contribution in [1.29, 1.82) is 0 Å². The van der Waals surface area contributed by atoms with Crippen LogP contribution in [0, 0.1) is 6.92 Å². The van der Waals surface area contributed by atoms with Crippen molar-refractivity contribution in [2.45, 2.75) is 20.3 Å². The number of carbonyl (C=O) groups is 2. The molecule has 0 radical (unpaired) electrons. The zero-order valence-corrected chi connectivity index (χ0v) is 8.76. The minimum atomic E-state index is -0.156. The van der Waals surface area contributed by atoms with E-state index in [-0.39, 0.29) is 18.2 Å². The summed E-state index contributed by atoms with van der Waals surface area (Å²) in [6.45, 7) is 3.60. The van der Waals surface area contributed by atoms with E-state index in [1.165, 1.54) is 6.92 Å². The van der Waals surface area contributed by atoms with Crippen LogP contribution >= 0.6 is 0 Å². The summed E-state index contributed by atoms with van der Waals surface area (Å²) in [5, 5.41) is 11.6. The fraction of sp³-hybridized carbons (Fsp3) is 0.444. The molecule has 15 heavy (non-hydrogen) atoms. The lowest BCUT2D eigenvalue weighted by molar-refractivity contribution is -0.119. The number of hydrogen-bond acceptors (Lipinski definition) is 3. The predicted molar refractivity (Wildman–Crippen MR) is 55.3 cm³/mol. The molecule has 6 nitrogen and oxygen atoms in total. The summed E-state index contributed by atoms with van der Waals surface area (Å²) in [5.74, 6) is 0.305. The van der Waals surface area contributed by atoms with Crippen LogP contribution in [-0.4, -0.2) is 28.6 Å². The number of aryl methyl sites for hydroxylation is 1. The summed E-state index contributed by atoms with van der Waals surface area (Å²) in [5.41, 5.74) is 0.878. The molecule has 0 saturated carbocycles. The van der Waals surface area contributed by atoms with Gasteiger partial charge in [-0.15, -0.1) is 0 Å². The third-order valence-electron chi connectivity index (χ3n) is 1.82. The van der Waals surface area contributed by atoms with E-state index in [2.05, 4.69) is 20.8 Å². The highest BCUT2D eigenvalue weighted by atomic mass is 16.2. The lowest BCUT2D eigenvalue weighted by Gasteiger charge is -2.03. The number of aromatic nitrogens is 2. The van der Waals surface area contributed by atoms with Crippen molar-refractivity contribution >= 4 is 17.6 Å². The highest BCUT2D eigenvalue weighted by molar-refractivity contribution is 5.90. The number of hydrogen-bond donors (Lipinski definition) is 3. The van der Waals surface area contributed by atoms with Crippen molar-refractivity contribution in [3.63, 3.8) is 0 Å². The van der Waals surface area contributed by atoms with Crippen LogP contribution in [0.15, 0.2) is 6.20 Å². The van der Waals surface area contributed by atoms with E-state index in [4.69, 9.17) is 0 Å². The maximum Gasteiger partial charge on any atom is 0.227 e. The molecule has 82 valence electrons. The van der Waals surface area contributed by atoms with Crippen LogP contribution in [0.25, 0.3) is 0 Å². The molecule has 6 heteroatoms. The van der Waals surface area contributed by atoms with E-state index in [1.807, 2.05) is 6.92 Å². The number of aromatic amines is 1. The molecule has 1 aromatic rings. The number of anilines is 1. The van der Waals surface area contributed by atoms with Crippen molar-refractivity contribution in [3.05, 3.63) is 11.8 Å². The summed E-state index contributed by atoms with van der Waals surface area (Å²) in [4.78, 5) is 21.9. The Labute approximate surface area is 87.4 Å². The number of nitrogens with zero attached hydrogens (tertiary/aromatic N) is 1. The summed E-state index contributed by atoms with van der Waals surface area (Å²) < 4.78 is 0. The first-order valence-electron chi connectivity index (χ1n) is 4.64. The number of amides is 2. The quantitative estimate of drug-likeness (QED) is 0.662. The number of carbonyl (C=O) groups excluding carboxylic acids is 2. The predicted octanol–water partition coefficient (Wildman–Crippen LogP) is 0.183. The minimum Gasteiger partial charge on any atom is -0.356 e. The Morgan fingerprint density at radius 3 is 2.80 bits per heavy atom. The minimum absolute atomic E-state index is 0.138. The lowest BCUT2D eigenvalue weighted by atomic mass is 10.3. The Bertz CT molecular complexity index is 359. The van der Waals surface area contributed by atoms with Gasteiger partial charge in [0.05, 0.1) is 6.20 Å². The average molecular weight is 210 g/mol. The van der Waals surface area contributed by atoms with Crippen LogP contribution in [0.1, 0.15) is 18.9 Å². The molecule has 0 aliphatic rings. The molecule has 0 saturated heterocycles. The van der Waals surface area contributed by atoms with Crippen LogP contribution < -0.4 is 10.6 Å². The van der Waals surface area contributed by atoms with E-state index in [0.29, 0.717) is 12.4 Å². The van der Waals surface area contributed by atoms with Crippen LogP contribution in [-0.2, 0) is 9.59 Å². The molecule has 1 aromatic heterocycles. The number of nitrogens with one attached hydrogen (secondary N) is 3. The van der Waals surface area contributed by atoms with Crippen molar-refractivity contribution < 1.29 is 9.59 Å². The fourth-order valence-corrected chi connectivity index (χ4v) is 1.03. The second-order valence-corrected chi connectivity index (χ2v) is 3.21. The first-order chi connectivity index (χ1) is 7.09. The van der Waals surface area contributed by atoms with Gasteiger partial charge in [-0.3, -0.25) is 14.7 Å². The molecule has 0 aromatic carbocycles. The standard InChI is InChI=1S/C9H14N4O2/c1-6-5-11-13-9(6)12-8(15)3-4-10-7(2)14/h5H,3-4H2,1-2H3,(H,10,14)(H2,11,12,13,15). The second kappa shape index (κ2) is 5.14.